The molecular formula is C20H24ClN3O5S. The van der Waals surface area contributed by atoms with E-state index in [0.29, 0.717) is 13.0 Å². The molecule has 162 valence electrons. The maximum Gasteiger partial charge on any atom is 0.410 e. The molecule has 0 spiro atoms. The van der Waals surface area contributed by atoms with Crippen molar-refractivity contribution in [3.8, 4) is 5.75 Å². The summed E-state index contributed by atoms with van der Waals surface area (Å²) in [5.41, 5.74) is 1.26. The number of nitrogens with zero attached hydrogens (tertiary/aromatic N) is 2. The molecule has 1 N–H and O–H groups in total. The van der Waals surface area contributed by atoms with Crippen molar-refractivity contribution in [2.24, 2.45) is 0 Å². The van der Waals surface area contributed by atoms with E-state index >= 15 is 0 Å². The van der Waals surface area contributed by atoms with E-state index in [4.69, 9.17) is 21.1 Å². The SMILES string of the molecule is COc1ccc(Cl)cc1S(=O)(=O)Nc1cnc2c(c1)CN(C(=O)OC(C)(C)C)CC2. The number of sulfonamides is 1. The van der Waals surface area contributed by atoms with Gasteiger partial charge in [-0.15, -0.1) is 0 Å². The van der Waals surface area contributed by atoms with Crippen molar-refractivity contribution in [3.63, 3.8) is 0 Å². The van der Waals surface area contributed by atoms with Gasteiger partial charge in [0.05, 0.1) is 25.5 Å². The maximum atomic E-state index is 12.9. The van der Waals surface area contributed by atoms with Gasteiger partial charge >= 0.3 is 6.09 Å². The Bertz CT molecular complexity index is 1070. The summed E-state index contributed by atoms with van der Waals surface area (Å²) < 4.78 is 38.8. The minimum absolute atomic E-state index is 0.0781. The van der Waals surface area contributed by atoms with Gasteiger partial charge in [0.15, 0.2) is 0 Å². The molecule has 8 nitrogen and oxygen atoms in total. The van der Waals surface area contributed by atoms with E-state index in [0.717, 1.165) is 11.3 Å². The molecular weight excluding hydrogens is 430 g/mol. The molecule has 0 unspecified atom stereocenters. The number of benzene rings is 1. The average Bonchev–Trinajstić information content (AvgIpc) is 2.65. The zero-order valence-corrected chi connectivity index (χ0v) is 18.8. The first kappa shape index (κ1) is 22.2. The van der Waals surface area contributed by atoms with E-state index in [-0.39, 0.29) is 27.9 Å². The van der Waals surface area contributed by atoms with Gasteiger partial charge in [-0.3, -0.25) is 9.71 Å². The lowest BCUT2D eigenvalue weighted by Crippen LogP contribution is -2.40. The van der Waals surface area contributed by atoms with Gasteiger partial charge in [-0.05, 0) is 50.6 Å². The fraction of sp³-hybridized carbons (Fsp3) is 0.400. The molecule has 1 amide bonds. The third-order valence-corrected chi connectivity index (χ3v) is 6.00. The number of carbonyl (C=O) groups is 1. The van der Waals surface area contributed by atoms with E-state index < -0.39 is 21.7 Å². The summed E-state index contributed by atoms with van der Waals surface area (Å²) in [6.07, 6.45) is 1.60. The molecule has 0 saturated heterocycles. The number of aromatic nitrogens is 1. The lowest BCUT2D eigenvalue weighted by Gasteiger charge is -2.31. The van der Waals surface area contributed by atoms with Crippen molar-refractivity contribution in [2.75, 3.05) is 18.4 Å². The van der Waals surface area contributed by atoms with Crippen molar-refractivity contribution >= 4 is 33.4 Å². The molecule has 2 aromatic rings. The lowest BCUT2D eigenvalue weighted by molar-refractivity contribution is 0.0223. The Morgan fingerprint density at radius 2 is 2.00 bits per heavy atom. The molecule has 0 fully saturated rings. The minimum atomic E-state index is -3.96. The minimum Gasteiger partial charge on any atom is -0.495 e. The molecule has 30 heavy (non-hydrogen) atoms. The van der Waals surface area contributed by atoms with Crippen LogP contribution in [0.2, 0.25) is 5.02 Å². The highest BCUT2D eigenvalue weighted by atomic mass is 35.5. The van der Waals surface area contributed by atoms with Crippen molar-refractivity contribution < 1.29 is 22.7 Å². The molecule has 10 heteroatoms. The van der Waals surface area contributed by atoms with Gasteiger partial charge in [0.2, 0.25) is 0 Å². The van der Waals surface area contributed by atoms with Gasteiger partial charge < -0.3 is 14.4 Å². The highest BCUT2D eigenvalue weighted by molar-refractivity contribution is 7.92. The van der Waals surface area contributed by atoms with Gasteiger partial charge in [-0.2, -0.15) is 0 Å². The van der Waals surface area contributed by atoms with Gasteiger partial charge in [0.1, 0.15) is 16.2 Å². The summed E-state index contributed by atoms with van der Waals surface area (Å²) >= 11 is 5.96. The molecule has 1 aliphatic heterocycles. The number of carbonyl (C=O) groups excluding carboxylic acids is 1. The van der Waals surface area contributed by atoms with Gasteiger partial charge in [-0.25, -0.2) is 13.2 Å². The molecule has 0 aliphatic carbocycles. The summed E-state index contributed by atoms with van der Waals surface area (Å²) in [5.74, 6) is 0.175. The zero-order valence-electron chi connectivity index (χ0n) is 17.2. The summed E-state index contributed by atoms with van der Waals surface area (Å²) in [5, 5.41) is 0.271. The number of rotatable bonds is 4. The van der Waals surface area contributed by atoms with E-state index in [1.807, 2.05) is 0 Å². The van der Waals surface area contributed by atoms with E-state index in [1.54, 1.807) is 37.8 Å². The molecule has 3 rings (SSSR count). The van der Waals surface area contributed by atoms with Crippen molar-refractivity contribution in [3.05, 3.63) is 46.7 Å². The maximum absolute atomic E-state index is 12.9. The number of halogens is 1. The average molecular weight is 454 g/mol. The van der Waals surface area contributed by atoms with Crippen LogP contribution in [-0.2, 0) is 27.7 Å². The van der Waals surface area contributed by atoms with Crippen molar-refractivity contribution in [1.29, 1.82) is 0 Å². The second-order valence-electron chi connectivity index (χ2n) is 7.88. The highest BCUT2D eigenvalue weighted by Crippen LogP contribution is 2.29. The van der Waals surface area contributed by atoms with Gasteiger partial charge in [-0.1, -0.05) is 11.6 Å². The second kappa shape index (κ2) is 8.31. The Labute approximate surface area is 181 Å². The number of pyridine rings is 1. The fourth-order valence-electron chi connectivity index (χ4n) is 3.04. The number of nitrogens with one attached hydrogen (secondary N) is 1. The van der Waals surface area contributed by atoms with Crippen LogP contribution in [0, 0.1) is 0 Å². The molecule has 0 atom stereocenters. The number of hydrogen-bond acceptors (Lipinski definition) is 6. The molecule has 1 aromatic carbocycles. The first-order valence-electron chi connectivity index (χ1n) is 9.30. The monoisotopic (exact) mass is 453 g/mol. The Morgan fingerprint density at radius 1 is 1.27 bits per heavy atom. The fourth-order valence-corrected chi connectivity index (χ4v) is 4.50. The topological polar surface area (TPSA) is 97.8 Å². The number of methoxy groups -OCH3 is 1. The zero-order chi connectivity index (χ0) is 22.1. The van der Waals surface area contributed by atoms with Gasteiger partial charge in [0, 0.05) is 23.7 Å². The van der Waals surface area contributed by atoms with Crippen LogP contribution in [0.1, 0.15) is 32.0 Å². The number of hydrogen-bond donors (Lipinski definition) is 1. The summed E-state index contributed by atoms with van der Waals surface area (Å²) in [6, 6.07) is 6.03. The first-order valence-corrected chi connectivity index (χ1v) is 11.2. The Balaban J connectivity index is 1.83. The van der Waals surface area contributed by atoms with Gasteiger partial charge in [0.25, 0.3) is 10.0 Å². The number of anilines is 1. The molecule has 0 saturated carbocycles. The summed E-state index contributed by atoms with van der Waals surface area (Å²) in [6.45, 7) is 6.19. The quantitative estimate of drug-likeness (QED) is 0.755. The molecule has 0 bridgehead atoms. The largest absolute Gasteiger partial charge is 0.495 e. The lowest BCUT2D eigenvalue weighted by atomic mass is 10.1. The normalized spacial score (nSPS) is 14.1. The molecule has 0 radical (unpaired) electrons. The van der Waals surface area contributed by atoms with Crippen LogP contribution in [0.4, 0.5) is 10.5 Å². The van der Waals surface area contributed by atoms with E-state index in [9.17, 15) is 13.2 Å². The van der Waals surface area contributed by atoms with Crippen molar-refractivity contribution in [2.45, 2.75) is 44.2 Å². The molecule has 2 heterocycles. The Morgan fingerprint density at radius 3 is 2.67 bits per heavy atom. The third-order valence-electron chi connectivity index (χ3n) is 4.36. The third kappa shape index (κ3) is 5.14. The Hall–Kier alpha value is -2.52. The van der Waals surface area contributed by atoms with E-state index in [2.05, 4.69) is 9.71 Å². The second-order valence-corrected chi connectivity index (χ2v) is 9.97. The number of ether oxygens (including phenoxy) is 2. The standard InChI is InChI=1S/C20H24ClN3O5S/c1-20(2,3)29-19(25)24-8-7-16-13(12-24)9-15(11-22-16)23-30(26,27)18-10-14(21)5-6-17(18)28-4/h5-6,9-11,23H,7-8,12H2,1-4H3. The summed E-state index contributed by atoms with van der Waals surface area (Å²) in [4.78, 5) is 18.2. The van der Waals surface area contributed by atoms with E-state index in [1.165, 1.54) is 25.4 Å². The van der Waals surface area contributed by atoms with Crippen LogP contribution in [0.5, 0.6) is 5.75 Å². The molecule has 1 aromatic heterocycles. The van der Waals surface area contributed by atoms with Crippen LogP contribution in [-0.4, -0.2) is 43.7 Å². The van der Waals surface area contributed by atoms with Crippen LogP contribution in [0.25, 0.3) is 0 Å². The Kier molecular flexibility index (Phi) is 6.14. The predicted octanol–water partition coefficient (Wildman–Crippen LogP) is 3.84. The van der Waals surface area contributed by atoms with Crippen LogP contribution in [0.15, 0.2) is 35.4 Å². The predicted molar refractivity (Wildman–Crippen MR) is 113 cm³/mol. The van der Waals surface area contributed by atoms with Crippen LogP contribution in [0.3, 0.4) is 0 Å². The summed E-state index contributed by atoms with van der Waals surface area (Å²) in [7, 11) is -2.58. The highest BCUT2D eigenvalue weighted by Gasteiger charge is 2.27. The number of fused-ring (bicyclic) bond motifs is 1. The number of amides is 1. The van der Waals surface area contributed by atoms with Crippen molar-refractivity contribution in [1.82, 2.24) is 9.88 Å². The van der Waals surface area contributed by atoms with Crippen LogP contribution >= 0.6 is 11.6 Å². The first-order chi connectivity index (χ1) is 14.0. The molecule has 1 aliphatic rings. The smallest absolute Gasteiger partial charge is 0.410 e. The van der Waals surface area contributed by atoms with Crippen LogP contribution < -0.4 is 9.46 Å².